The van der Waals surface area contributed by atoms with Gasteiger partial charge in [-0.25, -0.2) is 15.6 Å². The zero-order valence-electron chi connectivity index (χ0n) is 10.0. The molecule has 2 N–H and O–H groups in total. The van der Waals surface area contributed by atoms with Crippen LogP contribution in [-0.4, -0.2) is 22.6 Å². The summed E-state index contributed by atoms with van der Waals surface area (Å²) in [5.74, 6) is 5.43. The second kappa shape index (κ2) is 6.55. The number of rotatable bonds is 5. The fourth-order valence-corrected chi connectivity index (χ4v) is 1.27. The van der Waals surface area contributed by atoms with E-state index in [1.807, 2.05) is 6.92 Å². The van der Waals surface area contributed by atoms with Crippen LogP contribution in [0, 0.1) is 10.1 Å². The Kier molecular flexibility index (Phi) is 5.06. The highest BCUT2D eigenvalue weighted by molar-refractivity contribution is 5.66. The lowest BCUT2D eigenvalue weighted by atomic mass is 10.2. The molecular formula is C11H15N3O4. The van der Waals surface area contributed by atoms with Gasteiger partial charge in [0.2, 0.25) is 0 Å². The molecule has 0 bridgehead atoms. The molecule has 0 fully saturated rings. The van der Waals surface area contributed by atoms with Crippen LogP contribution in [0.5, 0.6) is 0 Å². The van der Waals surface area contributed by atoms with Gasteiger partial charge >= 0.3 is 6.09 Å². The van der Waals surface area contributed by atoms with Gasteiger partial charge in [-0.1, -0.05) is 6.92 Å². The van der Waals surface area contributed by atoms with Crippen LogP contribution in [0.15, 0.2) is 24.3 Å². The van der Waals surface area contributed by atoms with Crippen molar-refractivity contribution in [2.24, 2.45) is 5.84 Å². The van der Waals surface area contributed by atoms with Crippen molar-refractivity contribution >= 4 is 11.8 Å². The van der Waals surface area contributed by atoms with Gasteiger partial charge in [-0.05, 0) is 24.1 Å². The van der Waals surface area contributed by atoms with Gasteiger partial charge in [0.1, 0.15) is 6.61 Å². The second-order valence-corrected chi connectivity index (χ2v) is 3.67. The molecule has 0 aliphatic carbocycles. The maximum atomic E-state index is 11.4. The third-order valence-corrected chi connectivity index (χ3v) is 2.21. The molecule has 0 radical (unpaired) electrons. The third kappa shape index (κ3) is 4.02. The zero-order chi connectivity index (χ0) is 13.5. The Hall–Kier alpha value is -2.15. The molecule has 0 spiro atoms. The van der Waals surface area contributed by atoms with E-state index in [-0.39, 0.29) is 12.3 Å². The number of nitro groups is 1. The monoisotopic (exact) mass is 253 g/mol. The minimum absolute atomic E-state index is 0.00323. The number of hydrazine groups is 1. The van der Waals surface area contributed by atoms with E-state index in [0.29, 0.717) is 12.1 Å². The van der Waals surface area contributed by atoms with E-state index >= 15 is 0 Å². The third-order valence-electron chi connectivity index (χ3n) is 2.21. The highest BCUT2D eigenvalue weighted by Crippen LogP contribution is 2.12. The first kappa shape index (κ1) is 13.9. The van der Waals surface area contributed by atoms with Crippen LogP contribution in [0.25, 0.3) is 0 Å². The quantitative estimate of drug-likeness (QED) is 0.373. The molecule has 0 heterocycles. The van der Waals surface area contributed by atoms with E-state index < -0.39 is 11.0 Å². The van der Waals surface area contributed by atoms with Crippen molar-refractivity contribution < 1.29 is 14.5 Å². The fraction of sp³-hybridized carbons (Fsp3) is 0.364. The molecule has 18 heavy (non-hydrogen) atoms. The number of benzene rings is 1. The number of hydrogen-bond donors (Lipinski definition) is 1. The predicted molar refractivity (Wildman–Crippen MR) is 64.5 cm³/mol. The molecule has 7 heteroatoms. The van der Waals surface area contributed by atoms with Crippen molar-refractivity contribution in [2.75, 3.05) is 6.54 Å². The van der Waals surface area contributed by atoms with Gasteiger partial charge in [-0.3, -0.25) is 10.1 Å². The molecule has 7 nitrogen and oxygen atoms in total. The molecule has 1 aromatic rings. The van der Waals surface area contributed by atoms with E-state index in [0.717, 1.165) is 11.4 Å². The van der Waals surface area contributed by atoms with Gasteiger partial charge in [0.15, 0.2) is 0 Å². The zero-order valence-corrected chi connectivity index (χ0v) is 10.0. The number of amides is 1. The van der Waals surface area contributed by atoms with Crippen molar-refractivity contribution in [3.05, 3.63) is 39.9 Å². The second-order valence-electron chi connectivity index (χ2n) is 3.67. The molecule has 0 aliphatic heterocycles. The van der Waals surface area contributed by atoms with E-state index in [1.165, 1.54) is 24.3 Å². The lowest BCUT2D eigenvalue weighted by Crippen LogP contribution is -2.38. The molecule has 0 aromatic heterocycles. The van der Waals surface area contributed by atoms with Crippen molar-refractivity contribution in [3.63, 3.8) is 0 Å². The maximum absolute atomic E-state index is 11.4. The number of nitro benzene ring substituents is 1. The number of hydrogen-bond acceptors (Lipinski definition) is 5. The number of non-ortho nitro benzene ring substituents is 1. The average Bonchev–Trinajstić information content (AvgIpc) is 2.36. The van der Waals surface area contributed by atoms with Gasteiger partial charge in [-0.2, -0.15) is 0 Å². The van der Waals surface area contributed by atoms with Crippen LogP contribution in [0.1, 0.15) is 18.9 Å². The lowest BCUT2D eigenvalue weighted by Gasteiger charge is -2.15. The Bertz CT molecular complexity index is 419. The lowest BCUT2D eigenvalue weighted by molar-refractivity contribution is -0.384. The highest BCUT2D eigenvalue weighted by Gasteiger charge is 2.10. The standard InChI is InChI=1S/C11H15N3O4/c1-2-7-13(12)11(15)18-8-9-3-5-10(6-4-9)14(16)17/h3-6H,2,7-8,12H2,1H3. The molecular weight excluding hydrogens is 238 g/mol. The minimum atomic E-state index is -0.616. The van der Waals surface area contributed by atoms with Gasteiger partial charge in [0, 0.05) is 18.7 Å². The Balaban J connectivity index is 2.48. The van der Waals surface area contributed by atoms with Crippen LogP contribution in [0.2, 0.25) is 0 Å². The summed E-state index contributed by atoms with van der Waals surface area (Å²) in [6.45, 7) is 2.34. The molecule has 1 rings (SSSR count). The molecule has 0 unspecified atom stereocenters. The van der Waals surface area contributed by atoms with Crippen molar-refractivity contribution in [1.82, 2.24) is 5.01 Å². The molecule has 0 atom stereocenters. The van der Waals surface area contributed by atoms with Crippen LogP contribution in [0.4, 0.5) is 10.5 Å². The van der Waals surface area contributed by atoms with Crippen LogP contribution >= 0.6 is 0 Å². The number of carbonyl (C=O) groups excluding carboxylic acids is 1. The van der Waals surface area contributed by atoms with E-state index in [2.05, 4.69) is 0 Å². The van der Waals surface area contributed by atoms with Crippen LogP contribution in [0.3, 0.4) is 0 Å². The van der Waals surface area contributed by atoms with Crippen molar-refractivity contribution in [1.29, 1.82) is 0 Å². The average molecular weight is 253 g/mol. The summed E-state index contributed by atoms with van der Waals surface area (Å²) < 4.78 is 4.93. The molecule has 1 aromatic carbocycles. The predicted octanol–water partition coefficient (Wildman–Crippen LogP) is 1.82. The Morgan fingerprint density at radius 3 is 2.56 bits per heavy atom. The summed E-state index contributed by atoms with van der Waals surface area (Å²) in [4.78, 5) is 21.3. The highest BCUT2D eigenvalue weighted by atomic mass is 16.6. The summed E-state index contributed by atoms with van der Waals surface area (Å²) >= 11 is 0. The van der Waals surface area contributed by atoms with Crippen molar-refractivity contribution in [3.8, 4) is 0 Å². The summed E-state index contributed by atoms with van der Waals surface area (Å²) in [6, 6.07) is 5.78. The van der Waals surface area contributed by atoms with Crippen LogP contribution < -0.4 is 5.84 Å². The van der Waals surface area contributed by atoms with Crippen LogP contribution in [-0.2, 0) is 11.3 Å². The van der Waals surface area contributed by atoms with Gasteiger partial charge in [-0.15, -0.1) is 0 Å². The first-order valence-corrected chi connectivity index (χ1v) is 5.47. The van der Waals surface area contributed by atoms with E-state index in [4.69, 9.17) is 10.6 Å². The number of ether oxygens (including phenoxy) is 1. The molecule has 0 aliphatic rings. The van der Waals surface area contributed by atoms with Crippen molar-refractivity contribution in [2.45, 2.75) is 20.0 Å². The fourth-order valence-electron chi connectivity index (χ4n) is 1.27. The summed E-state index contributed by atoms with van der Waals surface area (Å²) in [5.41, 5.74) is 0.662. The molecule has 0 saturated carbocycles. The van der Waals surface area contributed by atoms with Gasteiger partial charge < -0.3 is 4.74 Å². The van der Waals surface area contributed by atoms with Gasteiger partial charge in [0.05, 0.1) is 4.92 Å². The summed E-state index contributed by atoms with van der Waals surface area (Å²) in [6.07, 6.45) is 0.124. The van der Waals surface area contributed by atoms with E-state index in [1.54, 1.807) is 0 Å². The molecule has 1 amide bonds. The first-order valence-electron chi connectivity index (χ1n) is 5.47. The SMILES string of the molecule is CCCN(N)C(=O)OCc1ccc([N+](=O)[O-])cc1. The topological polar surface area (TPSA) is 98.7 Å². The summed E-state index contributed by atoms with van der Waals surface area (Å²) in [5, 5.41) is 11.4. The normalized spacial score (nSPS) is 9.89. The molecule has 98 valence electrons. The molecule has 0 saturated heterocycles. The van der Waals surface area contributed by atoms with E-state index in [9.17, 15) is 14.9 Å². The van der Waals surface area contributed by atoms with Gasteiger partial charge in [0.25, 0.3) is 5.69 Å². The number of nitrogens with two attached hydrogens (primary N) is 1. The Morgan fingerprint density at radius 2 is 2.06 bits per heavy atom. The minimum Gasteiger partial charge on any atom is -0.444 e. The first-order chi connectivity index (χ1) is 8.54. The largest absolute Gasteiger partial charge is 0.444 e. The maximum Gasteiger partial charge on any atom is 0.424 e. The Labute approximate surface area is 104 Å². The summed E-state index contributed by atoms with van der Waals surface area (Å²) in [7, 11) is 0. The Morgan fingerprint density at radius 1 is 1.44 bits per heavy atom. The number of carbonyl (C=O) groups is 1. The number of nitrogens with zero attached hydrogens (tertiary/aromatic N) is 2. The smallest absolute Gasteiger partial charge is 0.424 e.